The summed E-state index contributed by atoms with van der Waals surface area (Å²) in [6.07, 6.45) is 0. The fourth-order valence-corrected chi connectivity index (χ4v) is 2.87. The van der Waals surface area contributed by atoms with Gasteiger partial charge in [0.1, 0.15) is 5.75 Å². The molecular weight excluding hydrogens is 350 g/mol. The number of morpholine rings is 1. The van der Waals surface area contributed by atoms with Gasteiger partial charge in [-0.05, 0) is 36.5 Å². The molecule has 1 aliphatic rings. The molecule has 7 heteroatoms. The topological polar surface area (TPSA) is 62.8 Å². The highest BCUT2D eigenvalue weighted by Gasteiger charge is 2.15. The van der Waals surface area contributed by atoms with Crippen LogP contribution in [0.5, 0.6) is 5.75 Å². The Morgan fingerprint density at radius 1 is 1.08 bits per heavy atom. The first-order valence-corrected chi connectivity index (χ1v) is 8.83. The molecule has 1 amide bonds. The molecule has 0 unspecified atom stereocenters. The number of rotatable bonds is 5. The van der Waals surface area contributed by atoms with Crippen molar-refractivity contribution in [3.8, 4) is 5.75 Å². The molecule has 0 radical (unpaired) electrons. The quantitative estimate of drug-likeness (QED) is 0.787. The number of benzene rings is 2. The Kier molecular flexibility index (Phi) is 6.40. The Morgan fingerprint density at radius 2 is 1.77 bits per heavy atom. The van der Waals surface area contributed by atoms with Crippen LogP contribution < -0.4 is 20.3 Å². The Bertz CT molecular complexity index is 749. The summed E-state index contributed by atoms with van der Waals surface area (Å²) in [6.45, 7) is 2.95. The molecule has 3 rings (SSSR count). The molecular formula is C19H21N3O3S. The van der Waals surface area contributed by atoms with Gasteiger partial charge >= 0.3 is 0 Å². The van der Waals surface area contributed by atoms with E-state index >= 15 is 0 Å². The minimum Gasteiger partial charge on any atom is -0.484 e. The van der Waals surface area contributed by atoms with Gasteiger partial charge in [-0.1, -0.05) is 30.3 Å². The number of nitrogens with one attached hydrogen (secondary N) is 2. The maximum Gasteiger partial charge on any atom is 0.264 e. The van der Waals surface area contributed by atoms with E-state index in [9.17, 15) is 4.79 Å². The van der Waals surface area contributed by atoms with E-state index in [1.165, 1.54) is 0 Å². The molecule has 1 heterocycles. The zero-order chi connectivity index (χ0) is 18.2. The highest BCUT2D eigenvalue weighted by Crippen LogP contribution is 2.26. The lowest BCUT2D eigenvalue weighted by molar-refractivity contribution is -0.121. The van der Waals surface area contributed by atoms with Crippen LogP contribution in [0, 0.1) is 0 Å². The summed E-state index contributed by atoms with van der Waals surface area (Å²) in [4.78, 5) is 14.2. The number of nitrogens with zero attached hydrogens (tertiary/aromatic N) is 1. The second kappa shape index (κ2) is 9.17. The number of hydrogen-bond donors (Lipinski definition) is 2. The van der Waals surface area contributed by atoms with Gasteiger partial charge in [-0.3, -0.25) is 10.1 Å². The largest absolute Gasteiger partial charge is 0.484 e. The first-order chi connectivity index (χ1) is 12.7. The first kappa shape index (κ1) is 18.2. The summed E-state index contributed by atoms with van der Waals surface area (Å²) >= 11 is 5.26. The van der Waals surface area contributed by atoms with Crippen molar-refractivity contribution >= 4 is 34.6 Å². The third-order valence-corrected chi connectivity index (χ3v) is 4.07. The first-order valence-electron chi connectivity index (χ1n) is 8.43. The van der Waals surface area contributed by atoms with Gasteiger partial charge in [0.15, 0.2) is 11.7 Å². The normalized spacial score (nSPS) is 13.8. The minimum absolute atomic E-state index is 0.100. The lowest BCUT2D eigenvalue weighted by atomic mass is 10.2. The van der Waals surface area contributed by atoms with Crippen molar-refractivity contribution in [2.45, 2.75) is 0 Å². The van der Waals surface area contributed by atoms with Crippen LogP contribution in [0.2, 0.25) is 0 Å². The minimum atomic E-state index is -0.310. The third-order valence-electron chi connectivity index (χ3n) is 3.87. The molecule has 6 nitrogen and oxygen atoms in total. The van der Waals surface area contributed by atoms with Crippen LogP contribution in [-0.4, -0.2) is 43.9 Å². The van der Waals surface area contributed by atoms with E-state index in [2.05, 4.69) is 15.5 Å². The smallest absolute Gasteiger partial charge is 0.264 e. The predicted octanol–water partition coefficient (Wildman–Crippen LogP) is 2.42. The second-order valence-electron chi connectivity index (χ2n) is 5.72. The number of anilines is 2. The molecule has 2 aromatic carbocycles. The van der Waals surface area contributed by atoms with E-state index < -0.39 is 0 Å². The van der Waals surface area contributed by atoms with Crippen LogP contribution in [-0.2, 0) is 9.53 Å². The van der Waals surface area contributed by atoms with Crippen molar-refractivity contribution in [1.29, 1.82) is 0 Å². The monoisotopic (exact) mass is 371 g/mol. The van der Waals surface area contributed by atoms with Gasteiger partial charge in [0.25, 0.3) is 5.91 Å². The Balaban J connectivity index is 1.54. The number of hydrogen-bond acceptors (Lipinski definition) is 5. The maximum absolute atomic E-state index is 12.0. The number of thiocarbonyl (C=S) groups is 1. The summed E-state index contributed by atoms with van der Waals surface area (Å²) < 4.78 is 10.8. The molecule has 0 spiro atoms. The van der Waals surface area contributed by atoms with E-state index in [1.54, 1.807) is 12.1 Å². The standard InChI is InChI=1S/C19H21N3O3S/c23-18(14-25-15-6-2-1-3-7-15)21-19(26)20-16-8-4-5-9-17(16)22-10-12-24-13-11-22/h1-9H,10-14H2,(H2,20,21,23,26). The molecule has 0 bridgehead atoms. The molecule has 0 atom stereocenters. The number of carbonyl (C=O) groups is 1. The Labute approximate surface area is 158 Å². The Hall–Kier alpha value is -2.64. The van der Waals surface area contributed by atoms with E-state index in [4.69, 9.17) is 21.7 Å². The van der Waals surface area contributed by atoms with Crippen molar-refractivity contribution in [3.63, 3.8) is 0 Å². The van der Waals surface area contributed by atoms with Gasteiger partial charge in [-0.2, -0.15) is 0 Å². The lowest BCUT2D eigenvalue weighted by Crippen LogP contribution is -2.39. The van der Waals surface area contributed by atoms with Crippen LogP contribution in [0.3, 0.4) is 0 Å². The zero-order valence-electron chi connectivity index (χ0n) is 14.3. The van der Waals surface area contributed by atoms with Crippen molar-refractivity contribution in [2.24, 2.45) is 0 Å². The van der Waals surface area contributed by atoms with Crippen LogP contribution in [0.25, 0.3) is 0 Å². The lowest BCUT2D eigenvalue weighted by Gasteiger charge is -2.30. The fraction of sp³-hybridized carbons (Fsp3) is 0.263. The van der Waals surface area contributed by atoms with Crippen LogP contribution in [0.1, 0.15) is 0 Å². The maximum atomic E-state index is 12.0. The van der Waals surface area contributed by atoms with E-state index in [-0.39, 0.29) is 17.6 Å². The summed E-state index contributed by atoms with van der Waals surface area (Å²) in [5.74, 6) is 0.328. The van der Waals surface area contributed by atoms with Gasteiger partial charge in [0.2, 0.25) is 0 Å². The molecule has 1 fully saturated rings. The number of amides is 1. The van der Waals surface area contributed by atoms with Crippen molar-refractivity contribution < 1.29 is 14.3 Å². The molecule has 136 valence electrons. The summed E-state index contributed by atoms with van der Waals surface area (Å²) in [6, 6.07) is 17.0. The molecule has 26 heavy (non-hydrogen) atoms. The van der Waals surface area contributed by atoms with Crippen molar-refractivity contribution in [1.82, 2.24) is 5.32 Å². The van der Waals surface area contributed by atoms with Crippen LogP contribution in [0.4, 0.5) is 11.4 Å². The van der Waals surface area contributed by atoms with Crippen LogP contribution >= 0.6 is 12.2 Å². The Morgan fingerprint density at radius 3 is 2.54 bits per heavy atom. The summed E-state index contributed by atoms with van der Waals surface area (Å²) in [5, 5.41) is 5.98. The van der Waals surface area contributed by atoms with Gasteiger partial charge in [-0.15, -0.1) is 0 Å². The van der Waals surface area contributed by atoms with Gasteiger partial charge < -0.3 is 19.7 Å². The van der Waals surface area contributed by atoms with E-state index in [0.29, 0.717) is 19.0 Å². The molecule has 0 saturated carbocycles. The average molecular weight is 371 g/mol. The van der Waals surface area contributed by atoms with Gasteiger partial charge in [0.05, 0.1) is 24.6 Å². The summed E-state index contributed by atoms with van der Waals surface area (Å²) in [7, 11) is 0. The van der Waals surface area contributed by atoms with Gasteiger partial charge in [-0.25, -0.2) is 0 Å². The summed E-state index contributed by atoms with van der Waals surface area (Å²) in [5.41, 5.74) is 1.89. The highest BCUT2D eigenvalue weighted by atomic mass is 32.1. The van der Waals surface area contributed by atoms with Crippen LogP contribution in [0.15, 0.2) is 54.6 Å². The number of carbonyl (C=O) groups excluding carboxylic acids is 1. The molecule has 2 N–H and O–H groups in total. The van der Waals surface area contributed by atoms with E-state index in [1.807, 2.05) is 42.5 Å². The van der Waals surface area contributed by atoms with Crippen molar-refractivity contribution in [3.05, 3.63) is 54.6 Å². The second-order valence-corrected chi connectivity index (χ2v) is 6.13. The molecule has 2 aromatic rings. The number of para-hydroxylation sites is 3. The fourth-order valence-electron chi connectivity index (χ4n) is 2.64. The number of ether oxygens (including phenoxy) is 2. The SMILES string of the molecule is O=C(COc1ccccc1)NC(=S)Nc1ccccc1N1CCOCC1. The third kappa shape index (κ3) is 5.18. The predicted molar refractivity (Wildman–Crippen MR) is 106 cm³/mol. The van der Waals surface area contributed by atoms with Gasteiger partial charge in [0, 0.05) is 13.1 Å². The molecule has 0 aromatic heterocycles. The highest BCUT2D eigenvalue weighted by molar-refractivity contribution is 7.80. The zero-order valence-corrected chi connectivity index (χ0v) is 15.1. The van der Waals surface area contributed by atoms with E-state index in [0.717, 1.165) is 24.5 Å². The molecule has 0 aliphatic carbocycles. The van der Waals surface area contributed by atoms with Crippen molar-refractivity contribution in [2.75, 3.05) is 43.1 Å². The molecule has 1 saturated heterocycles. The molecule has 1 aliphatic heterocycles. The average Bonchev–Trinajstić information content (AvgIpc) is 2.68.